The van der Waals surface area contributed by atoms with E-state index in [1.54, 1.807) is 0 Å². The predicted molar refractivity (Wildman–Crippen MR) is 54.5 cm³/mol. The van der Waals surface area contributed by atoms with Crippen LogP contribution < -0.4 is 0 Å². The monoisotopic (exact) mass is 164 g/mol. The quantitative estimate of drug-likeness (QED) is 0.443. The van der Waals surface area contributed by atoms with Crippen LogP contribution in [0.25, 0.3) is 0 Å². The molecule has 0 atom stereocenters. The highest BCUT2D eigenvalue weighted by molar-refractivity contribution is 6.80. The number of hydrogen-bond donors (Lipinski definition) is 0. The van der Waals surface area contributed by atoms with Crippen LogP contribution in [0, 0.1) is 0 Å². The summed E-state index contributed by atoms with van der Waals surface area (Å²) < 4.78 is 0. The Morgan fingerprint density at radius 3 is 2.36 bits per heavy atom. The molecule has 11 heavy (non-hydrogen) atoms. The second-order valence-corrected chi connectivity index (χ2v) is 8.83. The molecule has 0 nitrogen and oxygen atoms in total. The fourth-order valence-corrected chi connectivity index (χ4v) is 3.74. The number of hydrogen-bond acceptors (Lipinski definition) is 0. The van der Waals surface area contributed by atoms with Crippen LogP contribution in [0.3, 0.4) is 0 Å². The van der Waals surface area contributed by atoms with Gasteiger partial charge in [0, 0.05) is 0 Å². The van der Waals surface area contributed by atoms with Crippen molar-refractivity contribution in [3.8, 4) is 0 Å². The van der Waals surface area contributed by atoms with E-state index in [0.717, 1.165) is 5.54 Å². The summed E-state index contributed by atoms with van der Waals surface area (Å²) in [4.78, 5) is 0. The minimum absolute atomic E-state index is 0.737. The van der Waals surface area contributed by atoms with E-state index >= 15 is 0 Å². The second kappa shape index (κ2) is 3.22. The molecule has 0 aromatic rings. The van der Waals surface area contributed by atoms with Gasteiger partial charge in [-0.3, -0.25) is 0 Å². The third-order valence-corrected chi connectivity index (χ3v) is 5.85. The molecule has 0 amide bonds. The predicted octanol–water partition coefficient (Wildman–Crippen LogP) is 3.38. The lowest BCUT2D eigenvalue weighted by molar-refractivity contribution is 1.26. The summed E-state index contributed by atoms with van der Waals surface area (Å²) in [6.07, 6.45) is 11.0. The lowest BCUT2D eigenvalue weighted by Crippen LogP contribution is -2.28. The van der Waals surface area contributed by atoms with Crippen molar-refractivity contribution in [2.45, 2.75) is 24.7 Å². The minimum atomic E-state index is -1.06. The standard InChI is InChI=1S/C10H16Si/c1-4-9-11(2,3)10-7-5-6-8-10/h4-8,10H,1,9H2,2-3H3. The van der Waals surface area contributed by atoms with Gasteiger partial charge in [0.2, 0.25) is 0 Å². The van der Waals surface area contributed by atoms with E-state index in [0.29, 0.717) is 0 Å². The van der Waals surface area contributed by atoms with Gasteiger partial charge in [-0.2, -0.15) is 0 Å². The lowest BCUT2D eigenvalue weighted by Gasteiger charge is -2.25. The van der Waals surface area contributed by atoms with E-state index in [9.17, 15) is 0 Å². The smallest absolute Gasteiger partial charge is 0.0625 e. The van der Waals surface area contributed by atoms with Gasteiger partial charge in [0.1, 0.15) is 0 Å². The first-order valence-electron chi connectivity index (χ1n) is 4.13. The average Bonchev–Trinajstić information content (AvgIpc) is 2.37. The van der Waals surface area contributed by atoms with E-state index in [2.05, 4.69) is 50.1 Å². The van der Waals surface area contributed by atoms with Crippen molar-refractivity contribution < 1.29 is 0 Å². The molecule has 60 valence electrons. The molecule has 0 aliphatic heterocycles. The highest BCUT2D eigenvalue weighted by atomic mass is 28.3. The van der Waals surface area contributed by atoms with Crippen LogP contribution in [-0.4, -0.2) is 8.07 Å². The Labute approximate surface area is 70.3 Å². The topological polar surface area (TPSA) is 0 Å². The van der Waals surface area contributed by atoms with Gasteiger partial charge in [-0.15, -0.1) is 6.58 Å². The van der Waals surface area contributed by atoms with E-state index in [1.165, 1.54) is 6.04 Å². The molecule has 0 radical (unpaired) electrons. The maximum Gasteiger partial charge on any atom is 0.0625 e. The van der Waals surface area contributed by atoms with Gasteiger partial charge >= 0.3 is 0 Å². The second-order valence-electron chi connectivity index (χ2n) is 3.78. The summed E-state index contributed by atoms with van der Waals surface area (Å²) in [6.45, 7) is 8.64. The maximum atomic E-state index is 3.80. The number of allylic oxidation sites excluding steroid dienone is 5. The van der Waals surface area contributed by atoms with Crippen molar-refractivity contribution >= 4 is 8.07 Å². The first kappa shape index (κ1) is 8.53. The summed E-state index contributed by atoms with van der Waals surface area (Å²) in [5.41, 5.74) is 0.737. The molecule has 0 unspecified atom stereocenters. The molecular formula is C10H16Si. The molecular weight excluding hydrogens is 148 g/mol. The summed E-state index contributed by atoms with van der Waals surface area (Å²) in [7, 11) is -1.06. The molecule has 0 spiro atoms. The lowest BCUT2D eigenvalue weighted by atomic mass is 10.5. The Bertz CT molecular complexity index is 187. The fourth-order valence-electron chi connectivity index (χ4n) is 1.46. The zero-order valence-electron chi connectivity index (χ0n) is 7.38. The molecule has 1 aliphatic carbocycles. The van der Waals surface area contributed by atoms with Crippen LogP contribution in [0.1, 0.15) is 0 Å². The molecule has 0 heterocycles. The van der Waals surface area contributed by atoms with Crippen LogP contribution in [0.4, 0.5) is 0 Å². The van der Waals surface area contributed by atoms with Gasteiger partial charge in [-0.05, 0) is 11.6 Å². The first-order valence-corrected chi connectivity index (χ1v) is 7.41. The highest BCUT2D eigenvalue weighted by Gasteiger charge is 2.27. The van der Waals surface area contributed by atoms with Crippen molar-refractivity contribution in [3.63, 3.8) is 0 Å². The zero-order chi connectivity index (χ0) is 8.32. The molecule has 0 aromatic heterocycles. The third-order valence-electron chi connectivity index (χ3n) is 2.32. The van der Waals surface area contributed by atoms with Crippen LogP contribution in [0.15, 0.2) is 37.0 Å². The van der Waals surface area contributed by atoms with Gasteiger partial charge in [-0.1, -0.05) is 43.5 Å². The molecule has 0 N–H and O–H groups in total. The molecule has 0 saturated carbocycles. The van der Waals surface area contributed by atoms with Gasteiger partial charge in [0.15, 0.2) is 0 Å². The van der Waals surface area contributed by atoms with Gasteiger partial charge in [0.05, 0.1) is 8.07 Å². The van der Waals surface area contributed by atoms with E-state index in [-0.39, 0.29) is 0 Å². The largest absolute Gasteiger partial charge is 0.103 e. The highest BCUT2D eigenvalue weighted by Crippen LogP contribution is 2.31. The molecule has 0 fully saturated rings. The number of rotatable bonds is 3. The van der Waals surface area contributed by atoms with E-state index < -0.39 is 8.07 Å². The van der Waals surface area contributed by atoms with Crippen LogP contribution >= 0.6 is 0 Å². The molecule has 1 rings (SSSR count). The third kappa shape index (κ3) is 1.93. The normalized spacial score (nSPS) is 17.6. The minimum Gasteiger partial charge on any atom is -0.103 e. The summed E-state index contributed by atoms with van der Waals surface area (Å²) >= 11 is 0. The summed E-state index contributed by atoms with van der Waals surface area (Å²) in [5.74, 6) is 0. The van der Waals surface area contributed by atoms with Crippen LogP contribution in [0.2, 0.25) is 24.7 Å². The van der Waals surface area contributed by atoms with E-state index in [4.69, 9.17) is 0 Å². The average molecular weight is 164 g/mol. The molecule has 1 heteroatoms. The van der Waals surface area contributed by atoms with Crippen molar-refractivity contribution in [2.75, 3.05) is 0 Å². The molecule has 1 aliphatic rings. The van der Waals surface area contributed by atoms with Crippen molar-refractivity contribution in [1.29, 1.82) is 0 Å². The van der Waals surface area contributed by atoms with Gasteiger partial charge in [-0.25, -0.2) is 0 Å². The maximum absolute atomic E-state index is 3.80. The Hall–Kier alpha value is -0.563. The van der Waals surface area contributed by atoms with Gasteiger partial charge in [0.25, 0.3) is 0 Å². The Balaban J connectivity index is 2.63. The van der Waals surface area contributed by atoms with Crippen molar-refractivity contribution in [3.05, 3.63) is 37.0 Å². The summed E-state index contributed by atoms with van der Waals surface area (Å²) in [6, 6.07) is 1.21. The zero-order valence-corrected chi connectivity index (χ0v) is 8.38. The molecule has 0 aromatic carbocycles. The van der Waals surface area contributed by atoms with Crippen LogP contribution in [-0.2, 0) is 0 Å². The Morgan fingerprint density at radius 1 is 1.36 bits per heavy atom. The fraction of sp³-hybridized carbons (Fsp3) is 0.400. The first-order chi connectivity index (χ1) is 5.17. The van der Waals surface area contributed by atoms with E-state index in [1.807, 2.05) is 0 Å². The van der Waals surface area contributed by atoms with Gasteiger partial charge < -0.3 is 0 Å². The molecule has 0 bridgehead atoms. The molecule has 0 saturated heterocycles. The van der Waals surface area contributed by atoms with Crippen LogP contribution in [0.5, 0.6) is 0 Å². The Kier molecular flexibility index (Phi) is 2.50. The van der Waals surface area contributed by atoms with Crippen molar-refractivity contribution in [1.82, 2.24) is 0 Å². The SMILES string of the molecule is C=CC[Si](C)(C)C1C=CC=C1. The Morgan fingerprint density at radius 2 is 1.91 bits per heavy atom. The van der Waals surface area contributed by atoms with Crippen molar-refractivity contribution in [2.24, 2.45) is 0 Å². The summed E-state index contributed by atoms with van der Waals surface area (Å²) in [5, 5.41) is 0.